The number of likely N-dealkylation sites (tertiary alicyclic amines) is 1. The van der Waals surface area contributed by atoms with E-state index in [9.17, 15) is 27.2 Å². The van der Waals surface area contributed by atoms with Gasteiger partial charge in [-0.25, -0.2) is 4.39 Å². The fourth-order valence-corrected chi connectivity index (χ4v) is 4.40. The van der Waals surface area contributed by atoms with Gasteiger partial charge in [-0.15, -0.1) is 10.2 Å². The Labute approximate surface area is 183 Å². The van der Waals surface area contributed by atoms with E-state index in [2.05, 4.69) is 15.5 Å². The van der Waals surface area contributed by atoms with Crippen LogP contribution in [0.25, 0.3) is 0 Å². The van der Waals surface area contributed by atoms with E-state index in [-0.39, 0.29) is 11.6 Å². The summed E-state index contributed by atoms with van der Waals surface area (Å²) in [7, 11) is 0. The summed E-state index contributed by atoms with van der Waals surface area (Å²) in [6.45, 7) is 0.270. The topological polar surface area (TPSA) is 75.2 Å². The monoisotopic (exact) mass is 464 g/mol. The van der Waals surface area contributed by atoms with Crippen LogP contribution in [0.2, 0.25) is 0 Å². The number of carbonyl (C=O) groups is 2. The quantitative estimate of drug-likeness (QED) is 0.556. The summed E-state index contributed by atoms with van der Waals surface area (Å²) in [5.41, 5.74) is -1.05. The molecule has 0 bridgehead atoms. The van der Waals surface area contributed by atoms with Crippen molar-refractivity contribution in [3.05, 3.63) is 75.5 Å². The molecule has 0 aliphatic carbocycles. The molecular weight excluding hydrogens is 448 g/mol. The lowest BCUT2D eigenvalue weighted by molar-refractivity contribution is -0.138. The van der Waals surface area contributed by atoms with E-state index < -0.39 is 41.0 Å². The van der Waals surface area contributed by atoms with E-state index in [1.54, 1.807) is 0 Å². The van der Waals surface area contributed by atoms with Crippen molar-refractivity contribution in [3.63, 3.8) is 0 Å². The van der Waals surface area contributed by atoms with Gasteiger partial charge in [0.15, 0.2) is 0 Å². The van der Waals surface area contributed by atoms with Crippen LogP contribution in [0.15, 0.2) is 48.5 Å². The molecule has 2 aromatic carbocycles. The van der Waals surface area contributed by atoms with E-state index >= 15 is 0 Å². The first-order valence-corrected chi connectivity index (χ1v) is 10.4. The average Bonchev–Trinajstić information content (AvgIpc) is 3.44. The zero-order valence-electron chi connectivity index (χ0n) is 16.4. The van der Waals surface area contributed by atoms with Gasteiger partial charge in [0, 0.05) is 12.2 Å². The molecule has 1 atom stereocenters. The number of hydrogen-bond donors (Lipinski definition) is 1. The molecule has 1 N–H and O–H groups in total. The largest absolute Gasteiger partial charge is 0.417 e. The van der Waals surface area contributed by atoms with Gasteiger partial charge in [-0.3, -0.25) is 9.59 Å². The molecule has 1 fully saturated rings. The highest BCUT2D eigenvalue weighted by Gasteiger charge is 2.39. The second-order valence-electron chi connectivity index (χ2n) is 7.11. The summed E-state index contributed by atoms with van der Waals surface area (Å²) in [6, 6.07) is 9.25. The summed E-state index contributed by atoms with van der Waals surface area (Å²) in [4.78, 5) is 26.7. The van der Waals surface area contributed by atoms with E-state index in [1.807, 2.05) is 0 Å². The Kier molecular flexibility index (Phi) is 5.92. The number of halogens is 4. The van der Waals surface area contributed by atoms with Gasteiger partial charge >= 0.3 is 6.18 Å². The van der Waals surface area contributed by atoms with E-state index in [0.717, 1.165) is 23.5 Å². The third-order valence-corrected chi connectivity index (χ3v) is 6.02. The van der Waals surface area contributed by atoms with Crippen molar-refractivity contribution >= 4 is 28.8 Å². The minimum Gasteiger partial charge on any atom is -0.329 e. The fourth-order valence-electron chi connectivity index (χ4n) is 3.52. The zero-order chi connectivity index (χ0) is 22.9. The molecule has 1 aliphatic rings. The van der Waals surface area contributed by atoms with Gasteiger partial charge in [0.05, 0.1) is 17.2 Å². The third kappa shape index (κ3) is 4.47. The number of hydrogen-bond acceptors (Lipinski definition) is 5. The Hall–Kier alpha value is -3.34. The molecule has 0 radical (unpaired) electrons. The van der Waals surface area contributed by atoms with Crippen molar-refractivity contribution < 1.29 is 27.2 Å². The van der Waals surface area contributed by atoms with Crippen molar-refractivity contribution in [2.24, 2.45) is 0 Å². The number of anilines is 1. The van der Waals surface area contributed by atoms with Gasteiger partial charge in [0.2, 0.25) is 5.01 Å². The van der Waals surface area contributed by atoms with Crippen molar-refractivity contribution in [2.45, 2.75) is 25.1 Å². The van der Waals surface area contributed by atoms with E-state index in [4.69, 9.17) is 0 Å². The predicted molar refractivity (Wildman–Crippen MR) is 109 cm³/mol. The summed E-state index contributed by atoms with van der Waals surface area (Å²) in [5.74, 6) is -1.74. The number of benzene rings is 2. The Morgan fingerprint density at radius 1 is 1.06 bits per heavy atom. The molecule has 166 valence electrons. The minimum atomic E-state index is -4.66. The lowest BCUT2D eigenvalue weighted by Crippen LogP contribution is -2.32. The summed E-state index contributed by atoms with van der Waals surface area (Å²) < 4.78 is 53.1. The summed E-state index contributed by atoms with van der Waals surface area (Å²) in [6.07, 6.45) is -3.58. The van der Waals surface area contributed by atoms with Crippen molar-refractivity contribution in [1.82, 2.24) is 15.1 Å². The SMILES string of the molecule is O=C(Nc1ccc(F)cc1)c1nnc([C@@H]2CCCN2C(=O)c2ccccc2C(F)(F)F)s1. The number of amides is 2. The van der Waals surface area contributed by atoms with Crippen LogP contribution in [-0.4, -0.2) is 33.5 Å². The van der Waals surface area contributed by atoms with Crippen LogP contribution in [0.4, 0.5) is 23.2 Å². The van der Waals surface area contributed by atoms with Crippen LogP contribution in [0.5, 0.6) is 0 Å². The smallest absolute Gasteiger partial charge is 0.329 e. The highest BCUT2D eigenvalue weighted by atomic mass is 32.1. The number of alkyl halides is 3. The molecule has 0 unspecified atom stereocenters. The molecule has 1 aromatic heterocycles. The summed E-state index contributed by atoms with van der Waals surface area (Å²) in [5, 5.41) is 10.8. The lowest BCUT2D eigenvalue weighted by Gasteiger charge is -2.24. The molecule has 0 spiro atoms. The highest BCUT2D eigenvalue weighted by molar-refractivity contribution is 7.13. The van der Waals surface area contributed by atoms with Crippen molar-refractivity contribution in [2.75, 3.05) is 11.9 Å². The number of nitrogens with zero attached hydrogens (tertiary/aromatic N) is 3. The van der Waals surface area contributed by atoms with Gasteiger partial charge < -0.3 is 10.2 Å². The Bertz CT molecular complexity index is 1150. The summed E-state index contributed by atoms with van der Waals surface area (Å²) >= 11 is 0.962. The van der Waals surface area contributed by atoms with Crippen LogP contribution in [0.1, 0.15) is 49.6 Å². The second-order valence-corrected chi connectivity index (χ2v) is 8.12. The molecule has 3 aromatic rings. The highest BCUT2D eigenvalue weighted by Crippen LogP contribution is 2.37. The number of carbonyl (C=O) groups excluding carboxylic acids is 2. The molecule has 2 amide bonds. The fraction of sp³-hybridized carbons (Fsp3) is 0.238. The van der Waals surface area contributed by atoms with Crippen LogP contribution in [0.3, 0.4) is 0 Å². The molecule has 2 heterocycles. The van der Waals surface area contributed by atoms with Crippen LogP contribution >= 0.6 is 11.3 Å². The maximum Gasteiger partial charge on any atom is 0.417 e. The molecule has 32 heavy (non-hydrogen) atoms. The standard InChI is InChI=1S/C21H16F4N4O2S/c22-12-7-9-13(10-8-12)26-17(30)19-28-27-18(32-19)16-6-3-11-29(16)20(31)14-4-1-2-5-15(14)21(23,24)25/h1-2,4-5,7-10,16H,3,6,11H2,(H,26,30)/t16-/m0/s1. The van der Waals surface area contributed by atoms with Crippen molar-refractivity contribution in [3.8, 4) is 0 Å². The van der Waals surface area contributed by atoms with Crippen LogP contribution in [-0.2, 0) is 6.18 Å². The maximum absolute atomic E-state index is 13.4. The molecule has 4 rings (SSSR count). The van der Waals surface area contributed by atoms with Crippen LogP contribution in [0, 0.1) is 5.82 Å². The first-order valence-electron chi connectivity index (χ1n) is 9.61. The Morgan fingerprint density at radius 2 is 1.78 bits per heavy atom. The first kappa shape index (κ1) is 21.9. The molecule has 11 heteroatoms. The molecular formula is C21H16F4N4O2S. The van der Waals surface area contributed by atoms with Gasteiger partial charge in [0.25, 0.3) is 11.8 Å². The van der Waals surface area contributed by atoms with Crippen molar-refractivity contribution in [1.29, 1.82) is 0 Å². The third-order valence-electron chi connectivity index (χ3n) is 5.00. The number of nitrogens with one attached hydrogen (secondary N) is 1. The molecule has 1 aliphatic heterocycles. The normalized spacial score (nSPS) is 16.2. The maximum atomic E-state index is 13.4. The van der Waals surface area contributed by atoms with Gasteiger partial charge in [-0.05, 0) is 49.2 Å². The number of rotatable bonds is 4. The van der Waals surface area contributed by atoms with E-state index in [0.29, 0.717) is 23.5 Å². The predicted octanol–water partition coefficient (Wildman–Crippen LogP) is 4.93. The average molecular weight is 464 g/mol. The lowest BCUT2D eigenvalue weighted by atomic mass is 10.1. The Morgan fingerprint density at radius 3 is 2.50 bits per heavy atom. The molecule has 0 saturated carbocycles. The molecule has 1 saturated heterocycles. The second kappa shape index (κ2) is 8.65. The zero-order valence-corrected chi connectivity index (χ0v) is 17.2. The Balaban J connectivity index is 1.53. The van der Waals surface area contributed by atoms with Gasteiger partial charge in [-0.2, -0.15) is 13.2 Å². The van der Waals surface area contributed by atoms with Crippen LogP contribution < -0.4 is 5.32 Å². The number of aromatic nitrogens is 2. The van der Waals surface area contributed by atoms with Gasteiger partial charge in [-0.1, -0.05) is 23.5 Å². The first-order chi connectivity index (χ1) is 15.2. The van der Waals surface area contributed by atoms with Gasteiger partial charge in [0.1, 0.15) is 10.8 Å². The minimum absolute atomic E-state index is 0.0271. The molecule has 6 nitrogen and oxygen atoms in total. The van der Waals surface area contributed by atoms with E-state index in [1.165, 1.54) is 41.3 Å².